The third-order valence-corrected chi connectivity index (χ3v) is 2.19. The largest absolute Gasteiger partial charge is 0.451 e. The second kappa shape index (κ2) is 3.96. The maximum Gasteiger partial charge on any atom is 0.420 e. The van der Waals surface area contributed by atoms with Gasteiger partial charge in [-0.2, -0.15) is 26.3 Å². The van der Waals surface area contributed by atoms with Gasteiger partial charge in [-0.1, -0.05) is 6.07 Å². The third-order valence-electron chi connectivity index (χ3n) is 2.19. The van der Waals surface area contributed by atoms with Gasteiger partial charge < -0.3 is 9.47 Å². The van der Waals surface area contributed by atoms with E-state index in [9.17, 15) is 26.3 Å². The number of fused-ring (bicyclic) bond motifs is 1. The van der Waals surface area contributed by atoms with Gasteiger partial charge in [0, 0.05) is 0 Å². The van der Waals surface area contributed by atoms with Crippen molar-refractivity contribution in [2.45, 2.75) is 25.1 Å². The lowest BCUT2D eigenvalue weighted by Crippen LogP contribution is -2.26. The van der Waals surface area contributed by atoms with Crippen molar-refractivity contribution in [3.05, 3.63) is 23.8 Å². The Hall–Kier alpha value is -1.60. The van der Waals surface area contributed by atoms with Crippen LogP contribution in [0.3, 0.4) is 0 Å². The maximum atomic E-state index is 12.6. The lowest BCUT2D eigenvalue weighted by molar-refractivity contribution is -0.170. The number of hydrogen-bond donors (Lipinski definition) is 0. The van der Waals surface area contributed by atoms with E-state index in [0.717, 1.165) is 18.2 Å². The summed E-state index contributed by atoms with van der Waals surface area (Å²) in [6.07, 6.45) is -12.5. The zero-order valence-electron chi connectivity index (χ0n) is 8.60. The molecule has 0 spiro atoms. The summed E-state index contributed by atoms with van der Waals surface area (Å²) in [4.78, 5) is 0. The average Bonchev–Trinajstić information content (AvgIpc) is 2.53. The minimum Gasteiger partial charge on any atom is -0.451 e. The Morgan fingerprint density at radius 3 is 2.22 bits per heavy atom. The average molecular weight is 272 g/mol. The molecule has 0 amide bonds. The van der Waals surface area contributed by atoms with E-state index in [1.54, 1.807) is 0 Å². The number of ether oxygens (including phenoxy) is 2. The molecule has 1 unspecified atom stereocenters. The van der Waals surface area contributed by atoms with Gasteiger partial charge in [0.05, 0.1) is 0 Å². The minimum absolute atomic E-state index is 0.334. The number of alkyl halides is 6. The topological polar surface area (TPSA) is 18.5 Å². The lowest BCUT2D eigenvalue weighted by Gasteiger charge is -2.13. The summed E-state index contributed by atoms with van der Waals surface area (Å²) in [6, 6.07) is 2.89. The zero-order valence-corrected chi connectivity index (χ0v) is 8.60. The molecule has 100 valence electrons. The molecule has 2 nitrogen and oxygen atoms in total. The quantitative estimate of drug-likeness (QED) is 0.725. The van der Waals surface area contributed by atoms with Crippen LogP contribution in [0.2, 0.25) is 0 Å². The van der Waals surface area contributed by atoms with Gasteiger partial charge >= 0.3 is 12.4 Å². The molecular weight excluding hydrogens is 266 g/mol. The number of para-hydroxylation sites is 1. The van der Waals surface area contributed by atoms with Gasteiger partial charge in [-0.05, 0) is 12.1 Å². The van der Waals surface area contributed by atoms with Crippen molar-refractivity contribution in [3.63, 3.8) is 0 Å². The van der Waals surface area contributed by atoms with Crippen molar-refractivity contribution in [3.8, 4) is 11.5 Å². The molecule has 2 rings (SSSR count). The molecule has 1 aliphatic rings. The molecule has 1 aromatic carbocycles. The van der Waals surface area contributed by atoms with Crippen molar-refractivity contribution in [1.29, 1.82) is 0 Å². The van der Waals surface area contributed by atoms with Gasteiger partial charge in [0.25, 0.3) is 0 Å². The second-order valence-electron chi connectivity index (χ2n) is 3.62. The van der Waals surface area contributed by atoms with Crippen molar-refractivity contribution in [2.24, 2.45) is 0 Å². The summed E-state index contributed by atoms with van der Waals surface area (Å²) in [6.45, 7) is 0. The van der Waals surface area contributed by atoms with Crippen LogP contribution >= 0.6 is 0 Å². The normalized spacial score (nSPS) is 19.1. The number of rotatable bonds is 1. The molecular formula is C10H6F6O2. The van der Waals surface area contributed by atoms with E-state index in [0.29, 0.717) is 0 Å². The van der Waals surface area contributed by atoms with Crippen molar-refractivity contribution in [1.82, 2.24) is 0 Å². The molecule has 0 fully saturated rings. The molecule has 0 bridgehead atoms. The summed E-state index contributed by atoms with van der Waals surface area (Å²) in [5, 5.41) is 0. The molecule has 0 aromatic heterocycles. The van der Waals surface area contributed by atoms with Gasteiger partial charge in [0.15, 0.2) is 11.5 Å². The van der Waals surface area contributed by atoms with Crippen LogP contribution in [-0.4, -0.2) is 12.5 Å². The van der Waals surface area contributed by atoms with E-state index in [1.807, 2.05) is 0 Å². The Balaban J connectivity index is 2.25. The van der Waals surface area contributed by atoms with E-state index < -0.39 is 36.4 Å². The van der Waals surface area contributed by atoms with Crippen molar-refractivity contribution < 1.29 is 35.8 Å². The first kappa shape index (κ1) is 12.8. The van der Waals surface area contributed by atoms with E-state index in [1.165, 1.54) is 0 Å². The smallest absolute Gasteiger partial charge is 0.420 e. The molecule has 1 aromatic rings. The maximum absolute atomic E-state index is 12.6. The molecule has 0 saturated carbocycles. The van der Waals surface area contributed by atoms with E-state index >= 15 is 0 Å². The second-order valence-corrected chi connectivity index (χ2v) is 3.62. The Morgan fingerprint density at radius 2 is 1.67 bits per heavy atom. The molecule has 0 aliphatic carbocycles. The van der Waals surface area contributed by atoms with Gasteiger partial charge in [0.1, 0.15) is 12.0 Å². The highest BCUT2D eigenvalue weighted by molar-refractivity contribution is 5.49. The fourth-order valence-corrected chi connectivity index (χ4v) is 1.52. The lowest BCUT2D eigenvalue weighted by atomic mass is 10.2. The van der Waals surface area contributed by atoms with Crippen LogP contribution in [0.4, 0.5) is 26.3 Å². The highest BCUT2D eigenvalue weighted by Gasteiger charge is 2.42. The highest BCUT2D eigenvalue weighted by Crippen LogP contribution is 2.46. The Labute approximate surface area is 97.1 Å². The summed E-state index contributed by atoms with van der Waals surface area (Å²) >= 11 is 0. The van der Waals surface area contributed by atoms with Crippen molar-refractivity contribution >= 4 is 0 Å². The van der Waals surface area contributed by atoms with Gasteiger partial charge in [0.2, 0.25) is 6.29 Å². The van der Waals surface area contributed by atoms with Crippen LogP contribution in [0.5, 0.6) is 11.5 Å². The van der Waals surface area contributed by atoms with Crippen LogP contribution in [0.1, 0.15) is 12.0 Å². The molecule has 0 radical (unpaired) electrons. The first-order valence-corrected chi connectivity index (χ1v) is 4.77. The Kier molecular flexibility index (Phi) is 2.83. The van der Waals surface area contributed by atoms with Crippen LogP contribution in [-0.2, 0) is 6.18 Å². The van der Waals surface area contributed by atoms with Gasteiger partial charge in [-0.3, -0.25) is 0 Å². The molecule has 1 atom stereocenters. The number of benzene rings is 1. The third kappa shape index (κ3) is 2.62. The summed E-state index contributed by atoms with van der Waals surface area (Å²) in [5.74, 6) is -1.03. The molecule has 0 saturated heterocycles. The van der Waals surface area contributed by atoms with Crippen LogP contribution in [0, 0.1) is 0 Å². The monoisotopic (exact) mass is 272 g/mol. The van der Waals surface area contributed by atoms with Crippen LogP contribution < -0.4 is 9.47 Å². The Morgan fingerprint density at radius 1 is 1.00 bits per heavy atom. The van der Waals surface area contributed by atoms with Crippen molar-refractivity contribution in [2.75, 3.05) is 0 Å². The molecule has 18 heavy (non-hydrogen) atoms. The van der Waals surface area contributed by atoms with Crippen LogP contribution in [0.25, 0.3) is 0 Å². The fourth-order valence-electron chi connectivity index (χ4n) is 1.52. The van der Waals surface area contributed by atoms with E-state index in [2.05, 4.69) is 9.47 Å². The van der Waals surface area contributed by atoms with E-state index in [4.69, 9.17) is 0 Å². The molecule has 8 heteroatoms. The summed E-state index contributed by atoms with van der Waals surface area (Å²) in [7, 11) is 0. The first-order chi connectivity index (χ1) is 8.17. The van der Waals surface area contributed by atoms with Gasteiger partial charge in [-0.15, -0.1) is 0 Å². The standard InChI is InChI=1S/C10H6F6O2/c11-9(12,13)4-7-17-6-3-1-2-5(8(6)18-7)10(14,15)16/h1-3,7H,4H2. The SMILES string of the molecule is FC(F)(F)CC1Oc2cccc(C(F)(F)F)c2O1. The molecule has 0 N–H and O–H groups in total. The Bertz CT molecular complexity index is 451. The minimum atomic E-state index is -4.71. The summed E-state index contributed by atoms with van der Waals surface area (Å²) < 4.78 is 83.2. The molecule has 1 heterocycles. The highest BCUT2D eigenvalue weighted by atomic mass is 19.4. The van der Waals surface area contributed by atoms with Crippen LogP contribution in [0.15, 0.2) is 18.2 Å². The zero-order chi connectivity index (χ0) is 13.6. The van der Waals surface area contributed by atoms with E-state index in [-0.39, 0.29) is 5.75 Å². The first-order valence-electron chi connectivity index (χ1n) is 4.77. The number of hydrogen-bond acceptors (Lipinski definition) is 2. The predicted octanol–water partition coefficient (Wildman–Crippen LogP) is 3.76. The molecule has 1 aliphatic heterocycles. The van der Waals surface area contributed by atoms with Gasteiger partial charge in [-0.25, -0.2) is 0 Å². The summed E-state index contributed by atoms with van der Waals surface area (Å²) in [5.41, 5.74) is -1.15. The fraction of sp³-hybridized carbons (Fsp3) is 0.400. The predicted molar refractivity (Wildman–Crippen MR) is 47.2 cm³/mol. The number of halogens is 6.